The average molecular weight is 164 g/mol. The highest BCUT2D eigenvalue weighted by Gasteiger charge is 1.94. The normalized spacial score (nSPS) is 13.3. The van der Waals surface area contributed by atoms with Crippen LogP contribution in [0.15, 0.2) is 35.5 Å². The smallest absolute Gasteiger partial charge is 0.0285 e. The predicted octanol–water partition coefficient (Wildman–Crippen LogP) is 4.26. The van der Waals surface area contributed by atoms with E-state index in [1.54, 1.807) is 0 Å². The number of hydrogen-bond acceptors (Lipinski definition) is 0. The summed E-state index contributed by atoms with van der Waals surface area (Å²) in [6.45, 7) is 12.5. The Morgan fingerprint density at radius 2 is 1.92 bits per heavy atom. The average Bonchev–Trinajstić information content (AvgIpc) is 2.04. The summed E-state index contributed by atoms with van der Waals surface area (Å²) in [5, 5.41) is 0. The second-order valence-electron chi connectivity index (χ2n) is 3.21. The van der Waals surface area contributed by atoms with Gasteiger partial charge in [0.1, 0.15) is 0 Å². The van der Waals surface area contributed by atoms with E-state index in [1.807, 2.05) is 0 Å². The van der Waals surface area contributed by atoms with Crippen LogP contribution < -0.4 is 0 Å². The van der Waals surface area contributed by atoms with Crippen molar-refractivity contribution in [2.24, 2.45) is 0 Å². The highest BCUT2D eigenvalue weighted by Crippen LogP contribution is 2.14. The first-order valence-electron chi connectivity index (χ1n) is 4.61. The first kappa shape index (κ1) is 11.2. The van der Waals surface area contributed by atoms with E-state index in [4.69, 9.17) is 0 Å². The lowest BCUT2D eigenvalue weighted by atomic mass is 10.0. The van der Waals surface area contributed by atoms with Crippen molar-refractivity contribution in [3.05, 3.63) is 35.5 Å². The van der Waals surface area contributed by atoms with Crippen molar-refractivity contribution in [1.29, 1.82) is 0 Å². The minimum atomic E-state index is 1.11. The molecule has 0 aromatic rings. The summed E-state index contributed by atoms with van der Waals surface area (Å²) < 4.78 is 0. The predicted molar refractivity (Wildman–Crippen MR) is 57.2 cm³/mol. The molecule has 0 radical (unpaired) electrons. The van der Waals surface area contributed by atoms with E-state index in [-0.39, 0.29) is 0 Å². The highest BCUT2D eigenvalue weighted by molar-refractivity contribution is 5.32. The second-order valence-corrected chi connectivity index (χ2v) is 3.21. The fraction of sp³-hybridized carbons (Fsp3) is 0.500. The molecule has 0 N–H and O–H groups in total. The molecule has 0 nitrogen and oxygen atoms in total. The molecule has 0 saturated heterocycles. The molecule has 0 unspecified atom stereocenters. The van der Waals surface area contributed by atoms with Crippen LogP contribution in [0.25, 0.3) is 0 Å². The second kappa shape index (κ2) is 5.82. The lowest BCUT2D eigenvalue weighted by molar-refractivity contribution is 0.915. The largest absolute Gasteiger partial charge is 0.0956 e. The molecule has 0 bridgehead atoms. The SMILES string of the molecule is C=C(CCC)/C(C)=C/C(C)=C\C. The van der Waals surface area contributed by atoms with Gasteiger partial charge in [0.15, 0.2) is 0 Å². The fourth-order valence-electron chi connectivity index (χ4n) is 1.03. The van der Waals surface area contributed by atoms with E-state index in [0.29, 0.717) is 0 Å². The van der Waals surface area contributed by atoms with Crippen LogP contribution >= 0.6 is 0 Å². The first-order chi connectivity index (χ1) is 5.61. The lowest BCUT2D eigenvalue weighted by Crippen LogP contribution is -1.83. The summed E-state index contributed by atoms with van der Waals surface area (Å²) in [6, 6.07) is 0. The van der Waals surface area contributed by atoms with E-state index in [1.165, 1.54) is 23.1 Å². The first-order valence-corrected chi connectivity index (χ1v) is 4.61. The van der Waals surface area contributed by atoms with Gasteiger partial charge in [-0.3, -0.25) is 0 Å². The monoisotopic (exact) mass is 164 g/mol. The molecule has 0 atom stereocenters. The van der Waals surface area contributed by atoms with Gasteiger partial charge in [-0.25, -0.2) is 0 Å². The van der Waals surface area contributed by atoms with Crippen molar-refractivity contribution in [2.75, 3.05) is 0 Å². The minimum absolute atomic E-state index is 1.11. The van der Waals surface area contributed by atoms with Gasteiger partial charge in [-0.1, -0.05) is 43.2 Å². The molecule has 0 aliphatic rings. The molecule has 0 rings (SSSR count). The maximum absolute atomic E-state index is 4.04. The third-order valence-corrected chi connectivity index (χ3v) is 2.01. The zero-order valence-electron chi connectivity index (χ0n) is 8.78. The molecular weight excluding hydrogens is 144 g/mol. The molecular formula is C12H20. The van der Waals surface area contributed by atoms with Gasteiger partial charge in [-0.15, -0.1) is 0 Å². The Morgan fingerprint density at radius 3 is 2.33 bits per heavy atom. The van der Waals surface area contributed by atoms with E-state index in [0.717, 1.165) is 6.42 Å². The Labute approximate surface area is 76.7 Å². The summed E-state index contributed by atoms with van der Waals surface area (Å²) in [7, 11) is 0. The Kier molecular flexibility index (Phi) is 5.44. The quantitative estimate of drug-likeness (QED) is 0.545. The van der Waals surface area contributed by atoms with Crippen molar-refractivity contribution in [1.82, 2.24) is 0 Å². The van der Waals surface area contributed by atoms with Crippen molar-refractivity contribution < 1.29 is 0 Å². The standard InChI is InChI=1S/C12H20/c1-6-8-11(4)12(5)9-10(3)7-2/h7,9H,4,6,8H2,1-3,5H3/b10-7-,12-9+. The highest BCUT2D eigenvalue weighted by atomic mass is 14.0. The van der Waals surface area contributed by atoms with Gasteiger partial charge < -0.3 is 0 Å². The van der Waals surface area contributed by atoms with E-state index < -0.39 is 0 Å². The van der Waals surface area contributed by atoms with Crippen LogP contribution in [0.4, 0.5) is 0 Å². The van der Waals surface area contributed by atoms with Crippen LogP contribution in [0.3, 0.4) is 0 Å². The van der Waals surface area contributed by atoms with Crippen molar-refractivity contribution >= 4 is 0 Å². The van der Waals surface area contributed by atoms with E-state index in [9.17, 15) is 0 Å². The van der Waals surface area contributed by atoms with Crippen LogP contribution in [-0.4, -0.2) is 0 Å². The van der Waals surface area contributed by atoms with Crippen LogP contribution in [0, 0.1) is 0 Å². The van der Waals surface area contributed by atoms with Gasteiger partial charge in [0.25, 0.3) is 0 Å². The molecule has 0 heteroatoms. The molecule has 0 amide bonds. The van der Waals surface area contributed by atoms with Gasteiger partial charge in [0, 0.05) is 0 Å². The Balaban J connectivity index is 4.27. The Morgan fingerprint density at radius 1 is 1.33 bits per heavy atom. The summed E-state index contributed by atoms with van der Waals surface area (Å²) in [5.74, 6) is 0. The van der Waals surface area contributed by atoms with E-state index >= 15 is 0 Å². The molecule has 0 aliphatic heterocycles. The minimum Gasteiger partial charge on any atom is -0.0956 e. The fourth-order valence-corrected chi connectivity index (χ4v) is 1.03. The number of allylic oxidation sites excluding steroid dienone is 5. The number of hydrogen-bond donors (Lipinski definition) is 0. The van der Waals surface area contributed by atoms with Crippen molar-refractivity contribution in [3.63, 3.8) is 0 Å². The zero-order valence-corrected chi connectivity index (χ0v) is 8.78. The number of rotatable bonds is 4. The zero-order chi connectivity index (χ0) is 9.56. The summed E-state index contributed by atoms with van der Waals surface area (Å²) in [5.41, 5.74) is 3.89. The molecule has 0 aromatic heterocycles. The molecule has 0 aliphatic carbocycles. The van der Waals surface area contributed by atoms with Gasteiger partial charge >= 0.3 is 0 Å². The van der Waals surface area contributed by atoms with Crippen molar-refractivity contribution in [3.8, 4) is 0 Å². The summed E-state index contributed by atoms with van der Waals surface area (Å²) in [4.78, 5) is 0. The van der Waals surface area contributed by atoms with E-state index in [2.05, 4.69) is 46.4 Å². The van der Waals surface area contributed by atoms with Gasteiger partial charge in [0.05, 0.1) is 0 Å². The molecule has 0 heterocycles. The van der Waals surface area contributed by atoms with Crippen molar-refractivity contribution in [2.45, 2.75) is 40.5 Å². The summed E-state index contributed by atoms with van der Waals surface area (Å²) in [6.07, 6.45) is 6.60. The van der Waals surface area contributed by atoms with Crippen LogP contribution in [-0.2, 0) is 0 Å². The Hall–Kier alpha value is -0.780. The molecule has 12 heavy (non-hydrogen) atoms. The summed E-state index contributed by atoms with van der Waals surface area (Å²) >= 11 is 0. The third-order valence-electron chi connectivity index (χ3n) is 2.01. The van der Waals surface area contributed by atoms with Gasteiger partial charge in [-0.2, -0.15) is 0 Å². The lowest BCUT2D eigenvalue weighted by Gasteiger charge is -2.03. The molecule has 0 fully saturated rings. The molecule has 68 valence electrons. The van der Waals surface area contributed by atoms with Crippen LogP contribution in [0.1, 0.15) is 40.5 Å². The molecule has 0 spiro atoms. The molecule has 0 aromatic carbocycles. The van der Waals surface area contributed by atoms with Gasteiger partial charge in [0.2, 0.25) is 0 Å². The maximum Gasteiger partial charge on any atom is -0.0285 e. The third kappa shape index (κ3) is 4.17. The Bertz CT molecular complexity index is 204. The van der Waals surface area contributed by atoms with Crippen LogP contribution in [0.2, 0.25) is 0 Å². The maximum atomic E-state index is 4.04. The molecule has 0 saturated carbocycles. The topological polar surface area (TPSA) is 0 Å². The van der Waals surface area contributed by atoms with Crippen LogP contribution in [0.5, 0.6) is 0 Å². The van der Waals surface area contributed by atoms with Gasteiger partial charge in [-0.05, 0) is 32.8 Å².